The average molecular weight is 234 g/mol. The Labute approximate surface area is 98.5 Å². The van der Waals surface area contributed by atoms with Crippen molar-refractivity contribution in [3.05, 3.63) is 40.2 Å². The van der Waals surface area contributed by atoms with Crippen LogP contribution in [0.15, 0.2) is 29.1 Å². The van der Waals surface area contributed by atoms with Crippen LogP contribution in [-0.4, -0.2) is 8.75 Å². The summed E-state index contributed by atoms with van der Waals surface area (Å²) in [6.07, 6.45) is 0. The maximum absolute atomic E-state index is 11.4. The van der Waals surface area contributed by atoms with Gasteiger partial charge in [-0.15, -0.1) is 0 Å². The molecule has 1 N–H and O–H groups in total. The molecule has 0 amide bonds. The minimum absolute atomic E-state index is 0.117. The first-order valence-electron chi connectivity index (χ1n) is 5.14. The zero-order valence-electron chi connectivity index (χ0n) is 9.57. The van der Waals surface area contributed by atoms with Gasteiger partial charge >= 0.3 is 0 Å². The summed E-state index contributed by atoms with van der Waals surface area (Å²) in [6, 6.07) is 8.00. The topological polar surface area (TPSA) is 45.8 Å². The molecule has 2 aromatic rings. The van der Waals surface area contributed by atoms with Gasteiger partial charge in [0.2, 0.25) is 0 Å². The predicted molar refractivity (Wildman–Crippen MR) is 66.9 cm³/mol. The second kappa shape index (κ2) is 3.87. The fourth-order valence-electron chi connectivity index (χ4n) is 1.51. The number of rotatable bonds is 1. The molecule has 1 heterocycles. The van der Waals surface area contributed by atoms with E-state index in [0.717, 1.165) is 17.3 Å². The molecule has 0 aliphatic carbocycles. The number of hydrogen-bond donors (Lipinski definition) is 1. The summed E-state index contributed by atoms with van der Waals surface area (Å²) in [4.78, 5) is 11.4. The lowest BCUT2D eigenvalue weighted by molar-refractivity contribution is 0.590. The van der Waals surface area contributed by atoms with Crippen LogP contribution in [0.25, 0.3) is 11.3 Å². The van der Waals surface area contributed by atoms with Crippen molar-refractivity contribution in [3.63, 3.8) is 0 Å². The van der Waals surface area contributed by atoms with Crippen molar-refractivity contribution in [1.82, 2.24) is 8.75 Å². The normalized spacial score (nSPS) is 11.7. The van der Waals surface area contributed by atoms with Gasteiger partial charge in [0.25, 0.3) is 5.56 Å². The van der Waals surface area contributed by atoms with Gasteiger partial charge < -0.3 is 0 Å². The Bertz CT molecular complexity index is 531. The highest BCUT2D eigenvalue weighted by molar-refractivity contribution is 6.99. The van der Waals surface area contributed by atoms with Crippen molar-refractivity contribution in [2.45, 2.75) is 26.2 Å². The third kappa shape index (κ3) is 2.07. The Morgan fingerprint density at radius 3 is 2.25 bits per heavy atom. The van der Waals surface area contributed by atoms with Crippen molar-refractivity contribution in [3.8, 4) is 11.3 Å². The highest BCUT2D eigenvalue weighted by Crippen LogP contribution is 2.24. The molecule has 16 heavy (non-hydrogen) atoms. The molecule has 0 atom stereocenters. The molecular weight excluding hydrogens is 220 g/mol. The Balaban J connectivity index is 2.41. The molecule has 0 bridgehead atoms. The maximum atomic E-state index is 11.4. The van der Waals surface area contributed by atoms with Crippen molar-refractivity contribution in [2.75, 3.05) is 0 Å². The van der Waals surface area contributed by atoms with Crippen LogP contribution in [0.2, 0.25) is 0 Å². The summed E-state index contributed by atoms with van der Waals surface area (Å²) >= 11 is 1.08. The Morgan fingerprint density at radius 1 is 1.19 bits per heavy atom. The lowest BCUT2D eigenvalue weighted by Gasteiger charge is -2.18. The van der Waals surface area contributed by atoms with Crippen LogP contribution in [0.3, 0.4) is 0 Å². The van der Waals surface area contributed by atoms with E-state index in [2.05, 4.69) is 29.5 Å². The number of H-pyrrole nitrogens is 1. The first kappa shape index (κ1) is 11.1. The summed E-state index contributed by atoms with van der Waals surface area (Å²) < 4.78 is 6.64. The van der Waals surface area contributed by atoms with Gasteiger partial charge in [-0.1, -0.05) is 45.0 Å². The van der Waals surface area contributed by atoms with Gasteiger partial charge in [-0.3, -0.25) is 9.17 Å². The summed E-state index contributed by atoms with van der Waals surface area (Å²) in [5, 5.41) is 0. The number of nitrogens with zero attached hydrogens (tertiary/aromatic N) is 1. The molecule has 0 saturated heterocycles. The van der Waals surface area contributed by atoms with E-state index in [-0.39, 0.29) is 11.0 Å². The zero-order valence-corrected chi connectivity index (χ0v) is 10.4. The number of nitrogens with one attached hydrogen (secondary N) is 1. The van der Waals surface area contributed by atoms with Gasteiger partial charge in [0.15, 0.2) is 5.69 Å². The van der Waals surface area contributed by atoms with E-state index in [1.165, 1.54) is 5.56 Å². The van der Waals surface area contributed by atoms with Gasteiger partial charge in [-0.2, -0.15) is 4.37 Å². The lowest BCUT2D eigenvalue weighted by atomic mass is 9.86. The Kier molecular flexibility index (Phi) is 2.68. The molecule has 0 radical (unpaired) electrons. The summed E-state index contributed by atoms with van der Waals surface area (Å²) in [6.45, 7) is 6.49. The van der Waals surface area contributed by atoms with E-state index in [1.54, 1.807) is 0 Å². The smallest absolute Gasteiger partial charge is 0.266 e. The fourth-order valence-corrected chi connectivity index (χ4v) is 2.02. The molecule has 84 valence electrons. The van der Waals surface area contributed by atoms with E-state index in [4.69, 9.17) is 0 Å². The summed E-state index contributed by atoms with van der Waals surface area (Å²) in [5.74, 6) is 0. The van der Waals surface area contributed by atoms with Crippen molar-refractivity contribution >= 4 is 11.7 Å². The van der Waals surface area contributed by atoms with Crippen LogP contribution < -0.4 is 5.56 Å². The standard InChI is InChI=1S/C12H14N2OS/c1-12(2,3)9-6-4-8(5-7-9)10-11(15)14-16-13-10/h4-7H,1-3H3,(H,14,15). The van der Waals surface area contributed by atoms with Crippen molar-refractivity contribution < 1.29 is 0 Å². The molecule has 4 heteroatoms. The minimum Gasteiger partial charge on any atom is -0.266 e. The third-order valence-electron chi connectivity index (χ3n) is 2.51. The molecule has 0 spiro atoms. The molecule has 0 unspecified atom stereocenters. The van der Waals surface area contributed by atoms with E-state index in [0.29, 0.717) is 5.69 Å². The van der Waals surface area contributed by atoms with Crippen molar-refractivity contribution in [2.24, 2.45) is 0 Å². The first-order chi connectivity index (χ1) is 7.48. The summed E-state index contributed by atoms with van der Waals surface area (Å²) in [7, 11) is 0. The average Bonchev–Trinajstić information content (AvgIpc) is 2.63. The molecule has 0 aliphatic heterocycles. The molecule has 0 aliphatic rings. The molecule has 1 aromatic heterocycles. The minimum atomic E-state index is -0.117. The highest BCUT2D eigenvalue weighted by atomic mass is 32.1. The Hall–Kier alpha value is -1.42. The second-order valence-corrected chi connectivity index (χ2v) is 5.36. The quantitative estimate of drug-likeness (QED) is 0.824. The molecule has 3 nitrogen and oxygen atoms in total. The second-order valence-electron chi connectivity index (χ2n) is 4.79. The monoisotopic (exact) mass is 234 g/mol. The SMILES string of the molecule is CC(C)(C)c1ccc(-c2ns[nH]c2=O)cc1. The van der Waals surface area contributed by atoms with Crippen molar-refractivity contribution in [1.29, 1.82) is 0 Å². The number of hydrogen-bond acceptors (Lipinski definition) is 3. The zero-order chi connectivity index (χ0) is 11.8. The van der Waals surface area contributed by atoms with Gasteiger partial charge in [0.05, 0.1) is 0 Å². The third-order valence-corrected chi connectivity index (χ3v) is 3.07. The molecule has 0 fully saturated rings. The van der Waals surface area contributed by atoms with Gasteiger partial charge in [-0.25, -0.2) is 0 Å². The van der Waals surface area contributed by atoms with E-state index in [1.807, 2.05) is 24.3 Å². The first-order valence-corrected chi connectivity index (χ1v) is 5.91. The maximum Gasteiger partial charge on any atom is 0.285 e. The highest BCUT2D eigenvalue weighted by Gasteiger charge is 2.14. The Morgan fingerprint density at radius 2 is 1.81 bits per heavy atom. The van der Waals surface area contributed by atoms with Crippen LogP contribution in [0.1, 0.15) is 26.3 Å². The molecule has 1 aromatic carbocycles. The predicted octanol–water partition coefficient (Wildman–Crippen LogP) is 2.80. The van der Waals surface area contributed by atoms with Gasteiger partial charge in [0.1, 0.15) is 0 Å². The number of aromatic amines is 1. The van der Waals surface area contributed by atoms with Crippen LogP contribution in [0.4, 0.5) is 0 Å². The fraction of sp³-hybridized carbons (Fsp3) is 0.333. The van der Waals surface area contributed by atoms with E-state index >= 15 is 0 Å². The van der Waals surface area contributed by atoms with E-state index in [9.17, 15) is 4.79 Å². The molecule has 2 rings (SSSR count). The number of benzene rings is 1. The lowest BCUT2D eigenvalue weighted by Crippen LogP contribution is -2.10. The van der Waals surface area contributed by atoms with Gasteiger partial charge in [0, 0.05) is 17.3 Å². The molecule has 0 saturated carbocycles. The molecular formula is C12H14N2OS. The number of aromatic nitrogens is 2. The summed E-state index contributed by atoms with van der Waals surface area (Å²) in [5.41, 5.74) is 2.64. The van der Waals surface area contributed by atoms with Crippen LogP contribution in [0, 0.1) is 0 Å². The van der Waals surface area contributed by atoms with Gasteiger partial charge in [-0.05, 0) is 11.0 Å². The van der Waals surface area contributed by atoms with E-state index < -0.39 is 0 Å². The van der Waals surface area contributed by atoms with Crippen LogP contribution in [0.5, 0.6) is 0 Å². The largest absolute Gasteiger partial charge is 0.285 e. The van der Waals surface area contributed by atoms with Crippen LogP contribution in [-0.2, 0) is 5.41 Å². The van der Waals surface area contributed by atoms with Crippen LogP contribution >= 0.6 is 11.7 Å².